The predicted molar refractivity (Wildman–Crippen MR) is 61.3 cm³/mol. The zero-order chi connectivity index (χ0) is 12.4. The van der Waals surface area contributed by atoms with E-state index in [1.165, 1.54) is 4.52 Å². The van der Waals surface area contributed by atoms with E-state index in [1.807, 2.05) is 6.92 Å². The van der Waals surface area contributed by atoms with Crippen LogP contribution in [0.3, 0.4) is 0 Å². The Balaban J connectivity index is 1.67. The lowest BCUT2D eigenvalue weighted by Crippen LogP contribution is -2.45. The highest BCUT2D eigenvalue weighted by molar-refractivity contribution is 5.34. The van der Waals surface area contributed by atoms with E-state index >= 15 is 0 Å². The van der Waals surface area contributed by atoms with Crippen molar-refractivity contribution in [3.8, 4) is 5.88 Å². The first-order valence-electron chi connectivity index (χ1n) is 5.84. The van der Waals surface area contributed by atoms with Crippen molar-refractivity contribution in [2.24, 2.45) is 0 Å². The number of nitrogens with zero attached hydrogens (tertiary/aromatic N) is 5. The lowest BCUT2D eigenvalue weighted by Gasteiger charge is -2.28. The fourth-order valence-electron chi connectivity index (χ4n) is 1.90. The fraction of sp³-hybridized carbons (Fsp3) is 0.600. The summed E-state index contributed by atoms with van der Waals surface area (Å²) in [7, 11) is 0. The van der Waals surface area contributed by atoms with Crippen LogP contribution < -0.4 is 10.1 Å². The Labute approximate surface area is 103 Å². The number of tetrazole rings is 1. The normalized spacial score (nSPS) is 24.3. The molecule has 0 aliphatic carbocycles. The highest BCUT2D eigenvalue weighted by Crippen LogP contribution is 2.11. The van der Waals surface area contributed by atoms with Crippen LogP contribution in [0.25, 0.3) is 5.65 Å². The van der Waals surface area contributed by atoms with Gasteiger partial charge >= 0.3 is 0 Å². The molecular weight excluding hydrogens is 236 g/mol. The first-order chi connectivity index (χ1) is 8.83. The van der Waals surface area contributed by atoms with E-state index in [0.717, 1.165) is 13.1 Å². The molecule has 0 spiro atoms. The summed E-state index contributed by atoms with van der Waals surface area (Å²) < 4.78 is 12.9. The Morgan fingerprint density at radius 1 is 1.50 bits per heavy atom. The molecule has 2 aromatic rings. The van der Waals surface area contributed by atoms with Crippen LogP contribution in [0.4, 0.5) is 0 Å². The van der Waals surface area contributed by atoms with Crippen molar-refractivity contribution >= 4 is 5.65 Å². The van der Waals surface area contributed by atoms with Crippen LogP contribution in [-0.4, -0.2) is 56.9 Å². The van der Waals surface area contributed by atoms with Crippen LogP contribution in [0.15, 0.2) is 12.4 Å². The average molecular weight is 250 g/mol. The SMILES string of the molecule is CC1CNCC(COc2cncc3nnnn23)O1. The van der Waals surface area contributed by atoms with Crippen LogP contribution in [0.1, 0.15) is 6.92 Å². The Bertz CT molecular complexity index is 530. The van der Waals surface area contributed by atoms with Gasteiger partial charge in [0, 0.05) is 13.1 Å². The van der Waals surface area contributed by atoms with Crippen LogP contribution in [0, 0.1) is 0 Å². The second-order valence-electron chi connectivity index (χ2n) is 4.23. The zero-order valence-electron chi connectivity index (χ0n) is 9.98. The molecule has 96 valence electrons. The Morgan fingerprint density at radius 2 is 2.44 bits per heavy atom. The highest BCUT2D eigenvalue weighted by Gasteiger charge is 2.19. The molecule has 0 saturated carbocycles. The summed E-state index contributed by atoms with van der Waals surface area (Å²) in [5.74, 6) is 0.513. The summed E-state index contributed by atoms with van der Waals surface area (Å²) in [5.41, 5.74) is 0.559. The maximum Gasteiger partial charge on any atom is 0.237 e. The third-order valence-corrected chi connectivity index (χ3v) is 2.72. The van der Waals surface area contributed by atoms with Gasteiger partial charge < -0.3 is 14.8 Å². The number of rotatable bonds is 3. The molecule has 3 heterocycles. The molecule has 2 atom stereocenters. The smallest absolute Gasteiger partial charge is 0.237 e. The van der Waals surface area contributed by atoms with Gasteiger partial charge in [-0.3, -0.25) is 4.98 Å². The van der Waals surface area contributed by atoms with Gasteiger partial charge in [0.15, 0.2) is 0 Å². The molecule has 0 bridgehead atoms. The summed E-state index contributed by atoms with van der Waals surface area (Å²) in [6.07, 6.45) is 3.39. The van der Waals surface area contributed by atoms with Gasteiger partial charge in [-0.2, -0.15) is 4.52 Å². The number of nitrogens with one attached hydrogen (secondary N) is 1. The summed E-state index contributed by atoms with van der Waals surface area (Å²) in [5, 5.41) is 14.5. The first-order valence-corrected chi connectivity index (χ1v) is 5.84. The Kier molecular flexibility index (Phi) is 3.03. The second-order valence-corrected chi connectivity index (χ2v) is 4.23. The van der Waals surface area contributed by atoms with Crippen LogP contribution in [0.2, 0.25) is 0 Å². The van der Waals surface area contributed by atoms with Crippen molar-refractivity contribution in [1.82, 2.24) is 30.3 Å². The van der Waals surface area contributed by atoms with Gasteiger partial charge in [0.2, 0.25) is 11.5 Å². The van der Waals surface area contributed by atoms with Crippen molar-refractivity contribution in [1.29, 1.82) is 0 Å². The standard InChI is InChI=1S/C10H14N6O2/c1-7-2-11-3-8(18-7)6-17-10-5-12-4-9-13-14-15-16(9)10/h4-5,7-8,11H,2-3,6H2,1H3. The van der Waals surface area contributed by atoms with Crippen molar-refractivity contribution in [3.63, 3.8) is 0 Å². The predicted octanol–water partition coefficient (Wildman–Crippen LogP) is -0.725. The van der Waals surface area contributed by atoms with Crippen molar-refractivity contribution in [2.75, 3.05) is 19.7 Å². The first kappa shape index (κ1) is 11.3. The molecule has 2 aromatic heterocycles. The van der Waals surface area contributed by atoms with Gasteiger partial charge in [0.25, 0.3) is 0 Å². The van der Waals surface area contributed by atoms with Crippen molar-refractivity contribution in [2.45, 2.75) is 19.1 Å². The van der Waals surface area contributed by atoms with Gasteiger partial charge in [-0.1, -0.05) is 0 Å². The van der Waals surface area contributed by atoms with Crippen LogP contribution in [0.5, 0.6) is 5.88 Å². The average Bonchev–Trinajstić information content (AvgIpc) is 2.85. The maximum atomic E-state index is 5.73. The lowest BCUT2D eigenvalue weighted by atomic mass is 10.2. The molecule has 18 heavy (non-hydrogen) atoms. The van der Waals surface area contributed by atoms with E-state index in [-0.39, 0.29) is 12.2 Å². The molecule has 0 radical (unpaired) electrons. The van der Waals surface area contributed by atoms with Gasteiger partial charge in [-0.05, 0) is 17.4 Å². The van der Waals surface area contributed by atoms with Gasteiger partial charge in [-0.15, -0.1) is 5.10 Å². The summed E-state index contributed by atoms with van der Waals surface area (Å²) in [4.78, 5) is 4.02. The zero-order valence-corrected chi connectivity index (χ0v) is 9.98. The molecule has 1 N–H and O–H groups in total. The molecule has 1 aliphatic rings. The molecule has 2 unspecified atom stereocenters. The molecule has 8 heteroatoms. The number of aromatic nitrogens is 5. The monoisotopic (exact) mass is 250 g/mol. The largest absolute Gasteiger partial charge is 0.474 e. The maximum absolute atomic E-state index is 5.73. The Morgan fingerprint density at radius 3 is 3.33 bits per heavy atom. The third kappa shape index (κ3) is 2.24. The molecule has 0 aromatic carbocycles. The molecule has 1 aliphatic heterocycles. The lowest BCUT2D eigenvalue weighted by molar-refractivity contribution is -0.0480. The molecule has 1 saturated heterocycles. The number of hydrogen-bond acceptors (Lipinski definition) is 7. The van der Waals surface area contributed by atoms with Crippen molar-refractivity contribution < 1.29 is 9.47 Å². The van der Waals surface area contributed by atoms with Gasteiger partial charge in [0.1, 0.15) is 12.7 Å². The van der Waals surface area contributed by atoms with Gasteiger partial charge in [-0.25, -0.2) is 0 Å². The minimum Gasteiger partial charge on any atom is -0.474 e. The fourth-order valence-corrected chi connectivity index (χ4v) is 1.90. The van der Waals surface area contributed by atoms with E-state index in [2.05, 4.69) is 25.8 Å². The highest BCUT2D eigenvalue weighted by atomic mass is 16.5. The number of hydrogen-bond donors (Lipinski definition) is 1. The number of morpholine rings is 1. The number of ether oxygens (including phenoxy) is 2. The molecule has 0 amide bonds. The van der Waals surface area contributed by atoms with E-state index in [1.54, 1.807) is 12.4 Å². The molecule has 8 nitrogen and oxygen atoms in total. The van der Waals surface area contributed by atoms with E-state index in [4.69, 9.17) is 9.47 Å². The molecule has 1 fully saturated rings. The van der Waals surface area contributed by atoms with E-state index < -0.39 is 0 Å². The van der Waals surface area contributed by atoms with E-state index in [9.17, 15) is 0 Å². The number of fused-ring (bicyclic) bond motifs is 1. The molecule has 3 rings (SSSR count). The summed E-state index contributed by atoms with van der Waals surface area (Å²) in [6.45, 7) is 4.13. The minimum atomic E-state index is 0.0282. The topological polar surface area (TPSA) is 86.5 Å². The summed E-state index contributed by atoms with van der Waals surface area (Å²) >= 11 is 0. The Hall–Kier alpha value is -1.80. The third-order valence-electron chi connectivity index (χ3n) is 2.72. The van der Waals surface area contributed by atoms with Crippen LogP contribution in [-0.2, 0) is 4.74 Å². The van der Waals surface area contributed by atoms with Crippen LogP contribution >= 0.6 is 0 Å². The van der Waals surface area contributed by atoms with Gasteiger partial charge in [0.05, 0.1) is 18.5 Å². The quantitative estimate of drug-likeness (QED) is 0.768. The summed E-state index contributed by atoms with van der Waals surface area (Å²) in [6, 6.07) is 0. The van der Waals surface area contributed by atoms with Crippen molar-refractivity contribution in [3.05, 3.63) is 12.4 Å². The molecular formula is C10H14N6O2. The minimum absolute atomic E-state index is 0.0282. The van der Waals surface area contributed by atoms with E-state index in [0.29, 0.717) is 18.1 Å². The second kappa shape index (κ2) is 4.83.